The second-order valence-corrected chi connectivity index (χ2v) is 11.1. The second-order valence-electron chi connectivity index (χ2n) is 9.11. The summed E-state index contributed by atoms with van der Waals surface area (Å²) in [5.74, 6) is -0.161. The van der Waals surface area contributed by atoms with Crippen LogP contribution < -0.4 is 9.47 Å². The van der Waals surface area contributed by atoms with Gasteiger partial charge in [-0.2, -0.15) is 0 Å². The van der Waals surface area contributed by atoms with E-state index in [2.05, 4.69) is 19.7 Å². The van der Waals surface area contributed by atoms with Crippen LogP contribution in [0.2, 0.25) is 0 Å². The molecule has 8 nitrogen and oxygen atoms in total. The molecule has 2 heterocycles. The number of ether oxygens (including phenoxy) is 2. The minimum Gasteiger partial charge on any atom is -0.473 e. The van der Waals surface area contributed by atoms with Crippen molar-refractivity contribution >= 4 is 9.84 Å². The monoisotopic (exact) mass is 536 g/mol. The van der Waals surface area contributed by atoms with Crippen LogP contribution in [-0.4, -0.2) is 60.9 Å². The Hall–Kier alpha value is -3.25. The maximum atomic E-state index is 12.7. The lowest BCUT2D eigenvalue weighted by Crippen LogP contribution is -2.46. The Morgan fingerprint density at radius 3 is 2.54 bits per heavy atom. The van der Waals surface area contributed by atoms with Gasteiger partial charge >= 0.3 is 6.36 Å². The highest BCUT2D eigenvalue weighted by Gasteiger charge is 2.35. The van der Waals surface area contributed by atoms with Crippen molar-refractivity contribution in [1.82, 2.24) is 19.9 Å². The molecule has 0 amide bonds. The zero-order chi connectivity index (χ0) is 26.6. The van der Waals surface area contributed by atoms with Crippen molar-refractivity contribution in [3.05, 3.63) is 72.4 Å². The quantitative estimate of drug-likeness (QED) is 0.419. The molecule has 2 aromatic heterocycles. The molecule has 37 heavy (non-hydrogen) atoms. The molecular weight excluding hydrogens is 509 g/mol. The van der Waals surface area contributed by atoms with Crippen LogP contribution >= 0.6 is 0 Å². The highest BCUT2D eigenvalue weighted by atomic mass is 32.2. The molecule has 3 aromatic rings. The third-order valence-corrected chi connectivity index (χ3v) is 7.94. The predicted molar refractivity (Wildman–Crippen MR) is 129 cm³/mol. The van der Waals surface area contributed by atoms with Gasteiger partial charge in [0.25, 0.3) is 0 Å². The first-order valence-corrected chi connectivity index (χ1v) is 13.3. The van der Waals surface area contributed by atoms with Gasteiger partial charge in [0.15, 0.2) is 9.84 Å². The topological polar surface area (TPSA) is 94.5 Å². The van der Waals surface area contributed by atoms with Crippen molar-refractivity contribution in [2.45, 2.75) is 54.3 Å². The average Bonchev–Trinajstić information content (AvgIpc) is 2.84. The van der Waals surface area contributed by atoms with Crippen molar-refractivity contribution in [2.24, 2.45) is 0 Å². The third-order valence-electron chi connectivity index (χ3n) is 6.30. The normalized spacial score (nSPS) is 20.5. The molecule has 0 saturated heterocycles. The Balaban J connectivity index is 1.42. The number of likely N-dealkylation sites (N-methyl/N-ethyl adjacent to an activating group) is 1. The number of pyridine rings is 1. The molecule has 1 aliphatic rings. The summed E-state index contributed by atoms with van der Waals surface area (Å²) in [5, 5.41) is 0. The molecule has 12 heteroatoms. The first-order valence-electron chi connectivity index (χ1n) is 11.6. The lowest BCUT2D eigenvalue weighted by molar-refractivity contribution is -0.274. The molecule has 3 atom stereocenters. The fourth-order valence-corrected chi connectivity index (χ4v) is 5.74. The van der Waals surface area contributed by atoms with Crippen LogP contribution in [0.1, 0.15) is 36.4 Å². The van der Waals surface area contributed by atoms with Gasteiger partial charge in [0.05, 0.1) is 16.3 Å². The predicted octanol–water partition coefficient (Wildman–Crippen LogP) is 4.39. The van der Waals surface area contributed by atoms with E-state index in [9.17, 15) is 21.6 Å². The highest BCUT2D eigenvalue weighted by Crippen LogP contribution is 2.38. The molecule has 1 fully saturated rings. The largest absolute Gasteiger partial charge is 0.573 e. The van der Waals surface area contributed by atoms with Crippen molar-refractivity contribution in [3.8, 4) is 11.6 Å². The summed E-state index contributed by atoms with van der Waals surface area (Å²) in [6.07, 6.45) is 1.10. The van der Waals surface area contributed by atoms with E-state index in [0.717, 1.165) is 5.56 Å². The standard InChI is InChI=1S/C25H27F3N4O4S/c1-32(2)22-13-18(17-4-3-5-20(12-17)36-25(26,27)28)6-8-23(22)35-24-9-7-21(14-30-24)37(33,34)15-19-10-11-29-16-31-19/h3-5,7,9-12,14,16,18,22-23H,6,8,13,15H2,1-2H3/t18-,22-,23-/m0/s1. The first-order chi connectivity index (χ1) is 17.5. The van der Waals surface area contributed by atoms with Crippen LogP contribution in [0, 0.1) is 0 Å². The van der Waals surface area contributed by atoms with E-state index in [0.29, 0.717) is 30.8 Å². The van der Waals surface area contributed by atoms with E-state index in [4.69, 9.17) is 4.74 Å². The molecule has 0 N–H and O–H groups in total. The molecule has 0 unspecified atom stereocenters. The molecular formula is C25H27F3N4O4S. The van der Waals surface area contributed by atoms with Crippen molar-refractivity contribution in [3.63, 3.8) is 0 Å². The summed E-state index contributed by atoms with van der Waals surface area (Å²) in [6.45, 7) is 0. The molecule has 1 aliphatic carbocycles. The third kappa shape index (κ3) is 7.16. The number of benzene rings is 1. The lowest BCUT2D eigenvalue weighted by atomic mass is 9.79. The number of rotatable bonds is 8. The van der Waals surface area contributed by atoms with E-state index >= 15 is 0 Å². The number of sulfone groups is 1. The van der Waals surface area contributed by atoms with E-state index in [-0.39, 0.29) is 34.5 Å². The maximum Gasteiger partial charge on any atom is 0.573 e. The smallest absolute Gasteiger partial charge is 0.473 e. The average molecular weight is 537 g/mol. The number of alkyl halides is 3. The summed E-state index contributed by atoms with van der Waals surface area (Å²) in [5.41, 5.74) is 1.17. The number of aromatic nitrogens is 3. The summed E-state index contributed by atoms with van der Waals surface area (Å²) in [7, 11) is 0.201. The Labute approximate surface area is 213 Å². The van der Waals surface area contributed by atoms with Crippen LogP contribution in [0.4, 0.5) is 13.2 Å². The van der Waals surface area contributed by atoms with E-state index in [1.807, 2.05) is 25.1 Å². The van der Waals surface area contributed by atoms with E-state index in [1.54, 1.807) is 12.1 Å². The number of hydrogen-bond donors (Lipinski definition) is 0. The summed E-state index contributed by atoms with van der Waals surface area (Å²) < 4.78 is 73.5. The fourth-order valence-electron chi connectivity index (χ4n) is 4.53. The van der Waals surface area contributed by atoms with Crippen molar-refractivity contribution < 1.29 is 31.1 Å². The summed E-state index contributed by atoms with van der Waals surface area (Å²) in [4.78, 5) is 14.1. The number of nitrogens with zero attached hydrogens (tertiary/aromatic N) is 4. The summed E-state index contributed by atoms with van der Waals surface area (Å²) in [6, 6.07) is 10.6. The van der Waals surface area contributed by atoms with Gasteiger partial charge in [-0.15, -0.1) is 13.2 Å². The maximum absolute atomic E-state index is 12.7. The van der Waals surface area contributed by atoms with Gasteiger partial charge in [-0.1, -0.05) is 12.1 Å². The van der Waals surface area contributed by atoms with E-state index in [1.165, 1.54) is 43.0 Å². The Morgan fingerprint density at radius 1 is 1.08 bits per heavy atom. The molecule has 0 bridgehead atoms. The molecule has 0 spiro atoms. The lowest BCUT2D eigenvalue weighted by Gasteiger charge is -2.39. The van der Waals surface area contributed by atoms with Crippen LogP contribution in [0.15, 0.2) is 66.1 Å². The molecule has 198 valence electrons. The van der Waals surface area contributed by atoms with Crippen LogP contribution in [0.3, 0.4) is 0 Å². The van der Waals surface area contributed by atoms with Crippen LogP contribution in [0.25, 0.3) is 0 Å². The molecule has 0 radical (unpaired) electrons. The van der Waals surface area contributed by atoms with Gasteiger partial charge in [-0.25, -0.2) is 23.4 Å². The van der Waals surface area contributed by atoms with Crippen molar-refractivity contribution in [2.75, 3.05) is 14.1 Å². The fraction of sp³-hybridized carbons (Fsp3) is 0.400. The van der Waals surface area contributed by atoms with Gasteiger partial charge in [0, 0.05) is 24.5 Å². The van der Waals surface area contributed by atoms with Gasteiger partial charge in [-0.05, 0) is 69.1 Å². The second kappa shape index (κ2) is 11.0. The molecule has 1 aromatic carbocycles. The minimum absolute atomic E-state index is 0.0334. The minimum atomic E-state index is -4.74. The molecule has 0 aliphatic heterocycles. The Morgan fingerprint density at radius 2 is 1.89 bits per heavy atom. The molecule has 4 rings (SSSR count). The SMILES string of the molecule is CN(C)[C@H]1C[C@@H](c2cccc(OC(F)(F)F)c2)CC[C@@H]1Oc1ccc(S(=O)(=O)Cc2ccncn2)cn1. The number of hydrogen-bond acceptors (Lipinski definition) is 8. The summed E-state index contributed by atoms with van der Waals surface area (Å²) >= 11 is 0. The van der Waals surface area contributed by atoms with Gasteiger partial charge < -0.3 is 14.4 Å². The zero-order valence-corrected chi connectivity index (χ0v) is 21.1. The Kier molecular flexibility index (Phi) is 7.98. The van der Waals surface area contributed by atoms with E-state index < -0.39 is 16.2 Å². The first kappa shape index (κ1) is 26.8. The van der Waals surface area contributed by atoms with Crippen LogP contribution in [0.5, 0.6) is 11.6 Å². The molecule has 1 saturated carbocycles. The van der Waals surface area contributed by atoms with Gasteiger partial charge in [0.1, 0.15) is 18.2 Å². The van der Waals surface area contributed by atoms with Crippen molar-refractivity contribution in [1.29, 1.82) is 0 Å². The zero-order valence-electron chi connectivity index (χ0n) is 20.3. The van der Waals surface area contributed by atoms with Gasteiger partial charge in [0.2, 0.25) is 5.88 Å². The van der Waals surface area contributed by atoms with Crippen LogP contribution in [-0.2, 0) is 15.6 Å². The number of halogens is 3. The highest BCUT2D eigenvalue weighted by molar-refractivity contribution is 7.90. The van der Waals surface area contributed by atoms with Gasteiger partial charge in [-0.3, -0.25) is 0 Å². The Bertz CT molecular complexity index is 1290.